The fourth-order valence-electron chi connectivity index (χ4n) is 1.68. The fourth-order valence-corrected chi connectivity index (χ4v) is 1.68. The molecule has 1 heterocycles. The number of aromatic nitrogens is 3. The molecule has 1 aliphatic rings. The highest BCUT2D eigenvalue weighted by atomic mass is 15.3. The van der Waals surface area contributed by atoms with Crippen molar-refractivity contribution in [3.05, 3.63) is 12.2 Å². The van der Waals surface area contributed by atoms with Crippen LogP contribution in [0.3, 0.4) is 0 Å². The Hall–Kier alpha value is -0.900. The number of nitrogens with two attached hydrogens (primary N) is 1. The molecule has 4 nitrogen and oxygen atoms in total. The van der Waals surface area contributed by atoms with Gasteiger partial charge in [0.1, 0.15) is 12.2 Å². The summed E-state index contributed by atoms with van der Waals surface area (Å²) in [5.74, 6) is 1.83. The first kappa shape index (κ1) is 8.69. The summed E-state index contributed by atoms with van der Waals surface area (Å²) < 4.78 is 2.15. The maximum atomic E-state index is 5.46. The Kier molecular flexibility index (Phi) is 2.59. The molecule has 72 valence electrons. The van der Waals surface area contributed by atoms with Gasteiger partial charge in [-0.05, 0) is 25.8 Å². The summed E-state index contributed by atoms with van der Waals surface area (Å²) in [5.41, 5.74) is 5.46. The maximum Gasteiger partial charge on any atom is 0.135 e. The molecule has 0 aromatic carbocycles. The highest BCUT2D eigenvalue weighted by Crippen LogP contribution is 2.34. The third kappa shape index (κ3) is 1.72. The molecule has 1 saturated carbocycles. The van der Waals surface area contributed by atoms with Gasteiger partial charge in [0.25, 0.3) is 0 Å². The molecular weight excluding hydrogens is 164 g/mol. The van der Waals surface area contributed by atoms with Gasteiger partial charge in [-0.3, -0.25) is 0 Å². The zero-order valence-corrected chi connectivity index (χ0v) is 7.82. The maximum absolute atomic E-state index is 5.46. The molecule has 13 heavy (non-hydrogen) atoms. The molecule has 0 spiro atoms. The monoisotopic (exact) mass is 180 g/mol. The average molecular weight is 180 g/mol. The Labute approximate surface area is 78.1 Å². The Balaban J connectivity index is 2.02. The van der Waals surface area contributed by atoms with Gasteiger partial charge in [-0.2, -0.15) is 0 Å². The first-order valence-electron chi connectivity index (χ1n) is 4.99. The second-order valence-electron chi connectivity index (χ2n) is 3.65. The van der Waals surface area contributed by atoms with Crippen LogP contribution in [0, 0.1) is 0 Å². The molecule has 1 aromatic rings. The predicted molar refractivity (Wildman–Crippen MR) is 50.3 cm³/mol. The normalized spacial score (nSPS) is 17.3. The van der Waals surface area contributed by atoms with Crippen molar-refractivity contribution in [3.8, 4) is 0 Å². The molecule has 1 aromatic heterocycles. The van der Waals surface area contributed by atoms with Gasteiger partial charge in [0.15, 0.2) is 0 Å². The molecule has 0 radical (unpaired) electrons. The van der Waals surface area contributed by atoms with E-state index in [2.05, 4.69) is 14.8 Å². The summed E-state index contributed by atoms with van der Waals surface area (Å²) in [6, 6.07) is 0. The third-order valence-electron chi connectivity index (χ3n) is 2.72. The van der Waals surface area contributed by atoms with Gasteiger partial charge in [-0.25, -0.2) is 0 Å². The van der Waals surface area contributed by atoms with E-state index in [4.69, 9.17) is 5.73 Å². The van der Waals surface area contributed by atoms with Gasteiger partial charge in [-0.1, -0.05) is 6.42 Å². The van der Waals surface area contributed by atoms with Crippen molar-refractivity contribution in [2.75, 3.05) is 6.54 Å². The Morgan fingerprint density at radius 3 is 3.00 bits per heavy atom. The Bertz CT molecular complexity index is 264. The molecule has 0 unspecified atom stereocenters. The van der Waals surface area contributed by atoms with Crippen LogP contribution in [-0.4, -0.2) is 21.3 Å². The average Bonchev–Trinajstić information content (AvgIpc) is 2.46. The lowest BCUT2D eigenvalue weighted by atomic mass is 9.85. The number of rotatable bonds is 4. The summed E-state index contributed by atoms with van der Waals surface area (Å²) in [5, 5.41) is 8.11. The summed E-state index contributed by atoms with van der Waals surface area (Å²) in [6.45, 7) is 1.71. The van der Waals surface area contributed by atoms with Gasteiger partial charge in [0.2, 0.25) is 0 Å². The number of aryl methyl sites for hydroxylation is 1. The minimum atomic E-state index is 0.667. The van der Waals surface area contributed by atoms with Crippen LogP contribution in [0.15, 0.2) is 6.33 Å². The Morgan fingerprint density at radius 2 is 2.38 bits per heavy atom. The van der Waals surface area contributed by atoms with Crippen molar-refractivity contribution in [2.24, 2.45) is 5.73 Å². The van der Waals surface area contributed by atoms with E-state index in [9.17, 15) is 0 Å². The Morgan fingerprint density at radius 1 is 1.54 bits per heavy atom. The minimum absolute atomic E-state index is 0.667. The molecule has 0 aliphatic heterocycles. The van der Waals surface area contributed by atoms with Crippen LogP contribution in [-0.2, 0) is 6.54 Å². The predicted octanol–water partition coefficient (Wildman–Crippen LogP) is 0.894. The molecule has 2 N–H and O–H groups in total. The van der Waals surface area contributed by atoms with Crippen LogP contribution < -0.4 is 5.73 Å². The number of nitrogens with zero attached hydrogens (tertiary/aromatic N) is 3. The van der Waals surface area contributed by atoms with Crippen LogP contribution in [0.1, 0.15) is 37.4 Å². The zero-order chi connectivity index (χ0) is 9.10. The standard InChI is InChI=1S/C9H16N4/c10-5-2-6-13-7-11-12-9(13)8-3-1-4-8/h7-8H,1-6,10H2. The lowest BCUT2D eigenvalue weighted by molar-refractivity contribution is 0.384. The second kappa shape index (κ2) is 3.87. The van der Waals surface area contributed by atoms with E-state index in [1.807, 2.05) is 6.33 Å². The molecule has 0 amide bonds. The summed E-state index contributed by atoms with van der Waals surface area (Å²) in [6.07, 6.45) is 6.73. The van der Waals surface area contributed by atoms with E-state index in [0.717, 1.165) is 19.5 Å². The number of hydrogen-bond acceptors (Lipinski definition) is 3. The first-order valence-corrected chi connectivity index (χ1v) is 4.99. The van der Waals surface area contributed by atoms with Crippen LogP contribution in [0.25, 0.3) is 0 Å². The van der Waals surface area contributed by atoms with E-state index in [1.165, 1.54) is 25.1 Å². The van der Waals surface area contributed by atoms with Crippen LogP contribution in [0.5, 0.6) is 0 Å². The zero-order valence-electron chi connectivity index (χ0n) is 7.82. The lowest BCUT2D eigenvalue weighted by Crippen LogP contribution is -2.16. The topological polar surface area (TPSA) is 56.7 Å². The smallest absolute Gasteiger partial charge is 0.135 e. The van der Waals surface area contributed by atoms with Gasteiger partial charge in [0.05, 0.1) is 0 Å². The highest BCUT2D eigenvalue weighted by molar-refractivity contribution is 5.00. The minimum Gasteiger partial charge on any atom is -0.330 e. The van der Waals surface area contributed by atoms with Crippen LogP contribution in [0.4, 0.5) is 0 Å². The second-order valence-corrected chi connectivity index (χ2v) is 3.65. The molecular formula is C9H16N4. The lowest BCUT2D eigenvalue weighted by Gasteiger charge is -2.24. The van der Waals surface area contributed by atoms with Crippen LogP contribution >= 0.6 is 0 Å². The van der Waals surface area contributed by atoms with Crippen molar-refractivity contribution < 1.29 is 0 Å². The van der Waals surface area contributed by atoms with Gasteiger partial charge < -0.3 is 10.3 Å². The van der Waals surface area contributed by atoms with Crippen molar-refractivity contribution in [2.45, 2.75) is 38.1 Å². The van der Waals surface area contributed by atoms with Crippen LogP contribution in [0.2, 0.25) is 0 Å². The number of hydrogen-bond donors (Lipinski definition) is 1. The van der Waals surface area contributed by atoms with Gasteiger partial charge in [0, 0.05) is 12.5 Å². The molecule has 0 saturated heterocycles. The molecule has 2 rings (SSSR count). The fraction of sp³-hybridized carbons (Fsp3) is 0.778. The first-order chi connectivity index (χ1) is 6.42. The van der Waals surface area contributed by atoms with Gasteiger partial charge >= 0.3 is 0 Å². The molecule has 1 fully saturated rings. The largest absolute Gasteiger partial charge is 0.330 e. The molecule has 4 heteroatoms. The third-order valence-corrected chi connectivity index (χ3v) is 2.72. The quantitative estimate of drug-likeness (QED) is 0.748. The van der Waals surface area contributed by atoms with E-state index >= 15 is 0 Å². The van der Waals surface area contributed by atoms with E-state index in [1.54, 1.807) is 0 Å². The van der Waals surface area contributed by atoms with Crippen molar-refractivity contribution in [1.82, 2.24) is 14.8 Å². The van der Waals surface area contributed by atoms with Crippen molar-refractivity contribution >= 4 is 0 Å². The molecule has 0 atom stereocenters. The molecule has 1 aliphatic carbocycles. The van der Waals surface area contributed by atoms with E-state index < -0.39 is 0 Å². The summed E-state index contributed by atoms with van der Waals surface area (Å²) in [4.78, 5) is 0. The SMILES string of the molecule is NCCCn1cnnc1C1CCC1. The van der Waals surface area contributed by atoms with Crippen molar-refractivity contribution in [3.63, 3.8) is 0 Å². The van der Waals surface area contributed by atoms with E-state index in [0.29, 0.717) is 5.92 Å². The summed E-state index contributed by atoms with van der Waals surface area (Å²) in [7, 11) is 0. The molecule has 0 bridgehead atoms. The highest BCUT2D eigenvalue weighted by Gasteiger charge is 2.24. The van der Waals surface area contributed by atoms with Crippen molar-refractivity contribution in [1.29, 1.82) is 0 Å². The van der Waals surface area contributed by atoms with E-state index in [-0.39, 0.29) is 0 Å². The summed E-state index contributed by atoms with van der Waals surface area (Å²) >= 11 is 0. The van der Waals surface area contributed by atoms with Gasteiger partial charge in [-0.15, -0.1) is 10.2 Å².